The molecule has 10 nitrogen and oxygen atoms in total. The Labute approximate surface area is 299 Å². The van der Waals surface area contributed by atoms with E-state index in [0.29, 0.717) is 64.7 Å². The highest BCUT2D eigenvalue weighted by Gasteiger charge is 2.34. The van der Waals surface area contributed by atoms with Gasteiger partial charge in [0.1, 0.15) is 12.1 Å². The predicted octanol–water partition coefficient (Wildman–Crippen LogP) is 4.45. The number of carbonyl (C=O) groups excluding carboxylic acids is 3. The van der Waals surface area contributed by atoms with Gasteiger partial charge < -0.3 is 37.3 Å². The van der Waals surface area contributed by atoms with Crippen LogP contribution in [0.1, 0.15) is 60.1 Å². The maximum Gasteiger partial charge on any atom is 0.245 e. The van der Waals surface area contributed by atoms with Crippen LogP contribution in [0.4, 0.5) is 0 Å². The summed E-state index contributed by atoms with van der Waals surface area (Å²) in [7, 11) is 1.67. The Morgan fingerprint density at radius 2 is 1.52 bits per heavy atom. The molecule has 0 saturated carbocycles. The van der Waals surface area contributed by atoms with Gasteiger partial charge in [-0.2, -0.15) is 0 Å². The Bertz CT molecular complexity index is 1790. The second-order valence-electron chi connectivity index (χ2n) is 13.1. The van der Waals surface area contributed by atoms with E-state index in [1.807, 2.05) is 55.5 Å². The summed E-state index contributed by atoms with van der Waals surface area (Å²) < 4.78 is 0. The molecule has 0 fully saturated rings. The maximum absolute atomic E-state index is 14.4. The highest BCUT2D eigenvalue weighted by molar-refractivity contribution is 7.99. The first-order chi connectivity index (χ1) is 24.2. The number of nitrogens with zero attached hydrogens (tertiary/aromatic N) is 1. The summed E-state index contributed by atoms with van der Waals surface area (Å²) in [6.45, 7) is 5.75. The van der Waals surface area contributed by atoms with Gasteiger partial charge in [-0.15, -0.1) is 0 Å². The van der Waals surface area contributed by atoms with Gasteiger partial charge in [-0.05, 0) is 93.4 Å². The molecular weight excluding hydrogens is 647 g/mol. The third kappa shape index (κ3) is 8.95. The number of para-hydroxylation sites is 1. The van der Waals surface area contributed by atoms with Crippen LogP contribution < -0.4 is 27.4 Å². The Morgan fingerprint density at radius 1 is 0.800 bits per heavy atom. The first-order valence-electron chi connectivity index (χ1n) is 17.6. The molecule has 0 radical (unpaired) electrons. The molecule has 3 aromatic carbocycles. The molecule has 8 N–H and O–H groups in total. The van der Waals surface area contributed by atoms with E-state index >= 15 is 0 Å². The Kier molecular flexibility index (Phi) is 13.1. The number of amides is 3. The lowest BCUT2D eigenvalue weighted by molar-refractivity contribution is -0.142. The fraction of sp³-hybridized carbons (Fsp3) is 0.410. The smallest absolute Gasteiger partial charge is 0.245 e. The number of nitrogens with two attached hydrogens (primary N) is 2. The van der Waals surface area contributed by atoms with Gasteiger partial charge in [-0.3, -0.25) is 14.4 Å². The monoisotopic (exact) mass is 697 g/mol. The van der Waals surface area contributed by atoms with Gasteiger partial charge >= 0.3 is 0 Å². The summed E-state index contributed by atoms with van der Waals surface area (Å²) in [5, 5.41) is 10.8. The number of unbranched alkanes of at least 4 members (excludes halogenated alkanes) is 1. The van der Waals surface area contributed by atoms with Crippen molar-refractivity contribution in [3.63, 3.8) is 0 Å². The molecule has 3 amide bonds. The first kappa shape index (κ1) is 37.1. The normalized spacial score (nSPS) is 19.4. The predicted molar refractivity (Wildman–Crippen MR) is 201 cm³/mol. The molecule has 0 aliphatic carbocycles. The van der Waals surface area contributed by atoms with Crippen molar-refractivity contribution < 1.29 is 14.4 Å². The molecule has 2 heterocycles. The minimum Gasteiger partial charge on any atom is -0.358 e. The van der Waals surface area contributed by atoms with Crippen molar-refractivity contribution >= 4 is 40.4 Å². The summed E-state index contributed by atoms with van der Waals surface area (Å²) in [4.78, 5) is 49.8. The van der Waals surface area contributed by atoms with Crippen molar-refractivity contribution in [3.8, 4) is 0 Å². The molecule has 0 spiro atoms. The van der Waals surface area contributed by atoms with Crippen LogP contribution in [-0.4, -0.2) is 65.9 Å². The van der Waals surface area contributed by atoms with Crippen molar-refractivity contribution in [2.75, 3.05) is 20.1 Å². The minimum absolute atomic E-state index is 0.262. The molecule has 3 atom stereocenters. The number of hydrogen-bond acceptors (Lipinski definition) is 7. The fourth-order valence-electron chi connectivity index (χ4n) is 6.66. The van der Waals surface area contributed by atoms with E-state index < -0.39 is 18.1 Å². The number of aromatic nitrogens is 1. The van der Waals surface area contributed by atoms with Gasteiger partial charge in [0.25, 0.3) is 0 Å². The van der Waals surface area contributed by atoms with Gasteiger partial charge in [0, 0.05) is 52.9 Å². The number of fused-ring (bicyclic) bond motifs is 3. The lowest BCUT2D eigenvalue weighted by atomic mass is 9.99. The summed E-state index contributed by atoms with van der Waals surface area (Å²) in [6, 6.07) is 20.0. The van der Waals surface area contributed by atoms with Crippen LogP contribution in [0.3, 0.4) is 0 Å². The molecular formula is C39H51N7O3S. The van der Waals surface area contributed by atoms with Crippen LogP contribution >= 0.6 is 11.8 Å². The molecule has 0 bridgehead atoms. The minimum atomic E-state index is -0.835. The van der Waals surface area contributed by atoms with Gasteiger partial charge in [0.2, 0.25) is 17.7 Å². The zero-order chi connectivity index (χ0) is 35.6. The standard InChI is InChI=1S/C39H51N7O3S/c1-25-12-10-14-28-24-43-38(48)34(22-30-26(2)44-31-16-6-5-15-29(30)31)46(3)39(49)33(17-8-9-20-40)45-37(47)32(18-11-21-41)42-23-27-13-4-7-19-35(27)50-36(25)28/h4-7,10,12-16,19,32-34,42,44H,8-9,11,17-18,20-24,40-41H2,1-3H3,(H,43,48)(H,45,47)/t32-,33-,34-/m0/s1. The molecule has 50 heavy (non-hydrogen) atoms. The number of nitrogens with one attached hydrogen (secondary N) is 4. The van der Waals surface area contributed by atoms with E-state index in [-0.39, 0.29) is 17.7 Å². The van der Waals surface area contributed by atoms with Crippen molar-refractivity contribution in [1.82, 2.24) is 25.8 Å². The van der Waals surface area contributed by atoms with Gasteiger partial charge in [-0.25, -0.2) is 0 Å². The lowest BCUT2D eigenvalue weighted by Gasteiger charge is -2.32. The lowest BCUT2D eigenvalue weighted by Crippen LogP contribution is -2.57. The Hall–Kier alpha value is -4.16. The number of aryl methyl sites for hydroxylation is 2. The second kappa shape index (κ2) is 17.7. The van der Waals surface area contributed by atoms with E-state index in [0.717, 1.165) is 48.6 Å². The summed E-state index contributed by atoms with van der Waals surface area (Å²) in [5.41, 5.74) is 17.7. The molecule has 11 heteroatoms. The number of carbonyl (C=O) groups is 3. The fourth-order valence-corrected chi connectivity index (χ4v) is 7.80. The number of likely N-dealkylation sites (N-methyl/N-ethyl adjacent to an activating group) is 1. The maximum atomic E-state index is 14.4. The van der Waals surface area contributed by atoms with Crippen LogP contribution in [0.15, 0.2) is 76.5 Å². The molecule has 1 aliphatic heterocycles. The zero-order valence-electron chi connectivity index (χ0n) is 29.4. The Balaban J connectivity index is 1.57. The van der Waals surface area contributed by atoms with E-state index in [4.69, 9.17) is 11.5 Å². The largest absolute Gasteiger partial charge is 0.358 e. The zero-order valence-corrected chi connectivity index (χ0v) is 30.2. The van der Waals surface area contributed by atoms with Gasteiger partial charge in [0.15, 0.2) is 0 Å². The van der Waals surface area contributed by atoms with Crippen LogP contribution in [0.25, 0.3) is 10.9 Å². The van der Waals surface area contributed by atoms with Gasteiger partial charge in [0.05, 0.1) is 6.04 Å². The average Bonchev–Trinajstić information content (AvgIpc) is 3.44. The van der Waals surface area contributed by atoms with E-state index in [1.54, 1.807) is 18.8 Å². The van der Waals surface area contributed by atoms with Crippen molar-refractivity contribution in [3.05, 3.63) is 94.7 Å². The number of benzene rings is 3. The SMILES string of the molecule is Cc1cccc2c1Sc1ccccc1CN[C@@H](CCCN)C(=O)N[C@@H](CCCCN)C(=O)N(C)[C@@H](Cc1c(C)[nH]c3ccccc13)C(=O)NC2. The topological polar surface area (TPSA) is 158 Å². The molecule has 1 aromatic heterocycles. The van der Waals surface area contributed by atoms with E-state index in [9.17, 15) is 14.4 Å². The molecule has 0 unspecified atom stereocenters. The van der Waals surface area contributed by atoms with Crippen molar-refractivity contribution in [1.29, 1.82) is 0 Å². The molecule has 266 valence electrons. The van der Waals surface area contributed by atoms with Gasteiger partial charge in [-0.1, -0.05) is 66.4 Å². The number of rotatable bonds is 9. The Morgan fingerprint density at radius 3 is 2.32 bits per heavy atom. The third-order valence-corrected chi connectivity index (χ3v) is 11.0. The molecule has 4 aromatic rings. The second-order valence-corrected chi connectivity index (χ2v) is 14.2. The number of H-pyrrole nitrogens is 1. The molecule has 0 saturated heterocycles. The first-order valence-corrected chi connectivity index (χ1v) is 18.4. The molecule has 5 rings (SSSR count). The highest BCUT2D eigenvalue weighted by Crippen LogP contribution is 2.35. The summed E-state index contributed by atoms with van der Waals surface area (Å²) in [5.74, 6) is -0.837. The number of hydrogen-bond donors (Lipinski definition) is 6. The van der Waals surface area contributed by atoms with Crippen LogP contribution in [0.2, 0.25) is 0 Å². The van der Waals surface area contributed by atoms with Crippen LogP contribution in [-0.2, 0) is 33.9 Å². The highest BCUT2D eigenvalue weighted by atomic mass is 32.2. The number of aromatic amines is 1. The molecule has 1 aliphatic rings. The quantitative estimate of drug-likeness (QED) is 0.141. The van der Waals surface area contributed by atoms with Crippen LogP contribution in [0, 0.1) is 13.8 Å². The van der Waals surface area contributed by atoms with E-state index in [2.05, 4.69) is 46.1 Å². The van der Waals surface area contributed by atoms with E-state index in [1.165, 1.54) is 4.90 Å². The summed E-state index contributed by atoms with van der Waals surface area (Å²) in [6.07, 6.45) is 3.24. The van der Waals surface area contributed by atoms with Crippen LogP contribution in [0.5, 0.6) is 0 Å². The van der Waals surface area contributed by atoms with Crippen molar-refractivity contribution in [2.24, 2.45) is 11.5 Å². The average molecular weight is 698 g/mol. The third-order valence-electron chi connectivity index (χ3n) is 9.59. The van der Waals surface area contributed by atoms with Crippen molar-refractivity contribution in [2.45, 2.75) is 93.4 Å². The summed E-state index contributed by atoms with van der Waals surface area (Å²) >= 11 is 1.66.